The average molecular weight is 316 g/mol. The van der Waals surface area contributed by atoms with E-state index in [0.29, 0.717) is 18.3 Å². The largest absolute Gasteiger partial charge is 0.379 e. The lowest BCUT2D eigenvalue weighted by molar-refractivity contribution is -0.257. The Bertz CT molecular complexity index is 408. The average Bonchev–Trinajstić information content (AvgIpc) is 2.51. The van der Waals surface area contributed by atoms with Crippen LogP contribution in [0.2, 0.25) is 0 Å². The van der Waals surface area contributed by atoms with Gasteiger partial charge in [-0.25, -0.2) is 0 Å². The molecule has 22 heavy (non-hydrogen) atoms. The van der Waals surface area contributed by atoms with Crippen molar-refractivity contribution in [3.63, 3.8) is 0 Å². The van der Waals surface area contributed by atoms with E-state index in [1.165, 1.54) is 6.92 Å². The van der Waals surface area contributed by atoms with Crippen LogP contribution in [-0.4, -0.2) is 31.7 Å². The van der Waals surface area contributed by atoms with Gasteiger partial charge in [0.2, 0.25) is 0 Å². The number of halogens is 2. The molecule has 0 aromatic heterocycles. The summed E-state index contributed by atoms with van der Waals surface area (Å²) in [6.07, 6.45) is 2.45. The fourth-order valence-electron chi connectivity index (χ4n) is 3.71. The maximum Gasteiger partial charge on any atom is 0.379 e. The van der Waals surface area contributed by atoms with Gasteiger partial charge >= 0.3 is 6.11 Å². The van der Waals surface area contributed by atoms with Crippen LogP contribution in [0.1, 0.15) is 46.0 Å². The van der Waals surface area contributed by atoms with Crippen molar-refractivity contribution in [3.8, 4) is 0 Å². The Morgan fingerprint density at radius 1 is 1.05 bits per heavy atom. The monoisotopic (exact) mass is 316 g/mol. The zero-order valence-electron chi connectivity index (χ0n) is 13.4. The molecular formula is C17H26F2O3. The van der Waals surface area contributed by atoms with Gasteiger partial charge in [0, 0.05) is 17.4 Å². The molecule has 1 unspecified atom stereocenters. The van der Waals surface area contributed by atoms with Gasteiger partial charge in [-0.05, 0) is 44.9 Å². The summed E-state index contributed by atoms with van der Waals surface area (Å²) in [5.74, 6) is 1.07. The number of ether oxygens (including phenoxy) is 3. The highest BCUT2D eigenvalue weighted by Crippen LogP contribution is 2.41. The molecular weight excluding hydrogens is 290 g/mol. The molecule has 126 valence electrons. The summed E-state index contributed by atoms with van der Waals surface area (Å²) in [5.41, 5.74) is 0.0376. The molecule has 0 bridgehead atoms. The van der Waals surface area contributed by atoms with Crippen LogP contribution in [0.4, 0.5) is 8.78 Å². The molecule has 0 amide bonds. The predicted molar refractivity (Wildman–Crippen MR) is 78.5 cm³/mol. The first kappa shape index (κ1) is 16.3. The first-order valence-corrected chi connectivity index (χ1v) is 8.42. The Balaban J connectivity index is 1.50. The van der Waals surface area contributed by atoms with Crippen LogP contribution in [0.3, 0.4) is 0 Å². The second kappa shape index (κ2) is 6.54. The van der Waals surface area contributed by atoms with Crippen LogP contribution >= 0.6 is 0 Å². The molecule has 0 aromatic rings. The van der Waals surface area contributed by atoms with E-state index < -0.39 is 6.11 Å². The number of hydrogen-bond acceptors (Lipinski definition) is 3. The summed E-state index contributed by atoms with van der Waals surface area (Å²) in [6.45, 7) is 5.06. The van der Waals surface area contributed by atoms with E-state index in [1.54, 1.807) is 6.08 Å². The molecule has 0 spiro atoms. The number of hydrogen-bond donors (Lipinski definition) is 0. The molecule has 0 N–H and O–H groups in total. The Kier molecular flexibility index (Phi) is 4.86. The SMILES string of the molecule is CC1=CCC(C2CCC(C3OCC(C)CO3)CC2)OC1(F)F. The Morgan fingerprint density at radius 3 is 2.23 bits per heavy atom. The normalized spacial score (nSPS) is 42.7. The third-order valence-electron chi connectivity index (χ3n) is 5.23. The molecule has 1 aliphatic carbocycles. The van der Waals surface area contributed by atoms with E-state index in [9.17, 15) is 8.78 Å². The second-order valence-corrected chi connectivity index (χ2v) is 7.11. The molecule has 2 fully saturated rings. The van der Waals surface area contributed by atoms with Gasteiger partial charge < -0.3 is 14.2 Å². The van der Waals surface area contributed by atoms with Gasteiger partial charge in [0.05, 0.1) is 19.3 Å². The Morgan fingerprint density at radius 2 is 1.64 bits per heavy atom. The maximum atomic E-state index is 13.7. The van der Waals surface area contributed by atoms with Crippen molar-refractivity contribution in [1.29, 1.82) is 0 Å². The molecule has 3 nitrogen and oxygen atoms in total. The van der Waals surface area contributed by atoms with E-state index in [2.05, 4.69) is 6.92 Å². The van der Waals surface area contributed by atoms with Gasteiger partial charge in [0.1, 0.15) is 0 Å². The zero-order valence-corrected chi connectivity index (χ0v) is 13.4. The van der Waals surface area contributed by atoms with Crippen molar-refractivity contribution in [3.05, 3.63) is 11.6 Å². The zero-order chi connectivity index (χ0) is 15.7. The lowest BCUT2D eigenvalue weighted by atomic mass is 9.77. The van der Waals surface area contributed by atoms with E-state index >= 15 is 0 Å². The smallest absolute Gasteiger partial charge is 0.352 e. The quantitative estimate of drug-likeness (QED) is 0.717. The maximum absolute atomic E-state index is 13.7. The van der Waals surface area contributed by atoms with E-state index in [4.69, 9.17) is 14.2 Å². The molecule has 0 radical (unpaired) electrons. The summed E-state index contributed by atoms with van der Waals surface area (Å²) >= 11 is 0. The lowest BCUT2D eigenvalue weighted by Crippen LogP contribution is -2.41. The van der Waals surface area contributed by atoms with Crippen LogP contribution in [-0.2, 0) is 14.2 Å². The van der Waals surface area contributed by atoms with Crippen molar-refractivity contribution >= 4 is 0 Å². The molecule has 2 heterocycles. The molecule has 3 rings (SSSR count). The van der Waals surface area contributed by atoms with Gasteiger partial charge in [-0.1, -0.05) is 13.0 Å². The summed E-state index contributed by atoms with van der Waals surface area (Å²) in [7, 11) is 0. The minimum atomic E-state index is -3.09. The Hall–Kier alpha value is -0.520. The fourth-order valence-corrected chi connectivity index (χ4v) is 3.71. The second-order valence-electron chi connectivity index (χ2n) is 7.11. The van der Waals surface area contributed by atoms with E-state index in [1.807, 2.05) is 0 Å². The van der Waals surface area contributed by atoms with Crippen LogP contribution in [0, 0.1) is 17.8 Å². The summed E-state index contributed by atoms with van der Waals surface area (Å²) in [4.78, 5) is 0. The molecule has 1 atom stereocenters. The summed E-state index contributed by atoms with van der Waals surface area (Å²) in [5, 5.41) is 0. The van der Waals surface area contributed by atoms with Gasteiger partial charge in [-0.15, -0.1) is 0 Å². The van der Waals surface area contributed by atoms with Crippen molar-refractivity contribution in [2.24, 2.45) is 17.8 Å². The molecule has 1 saturated carbocycles. The standard InChI is InChI=1S/C17H26F2O3/c1-11-9-20-16(21-10-11)14-6-4-13(5-7-14)15-8-3-12(2)17(18,19)22-15/h3,11,13-16H,4-10H2,1-2H3. The van der Waals surface area contributed by atoms with Crippen LogP contribution in [0.25, 0.3) is 0 Å². The van der Waals surface area contributed by atoms with Crippen molar-refractivity contribution in [1.82, 2.24) is 0 Å². The van der Waals surface area contributed by atoms with Crippen molar-refractivity contribution in [2.45, 2.75) is 64.5 Å². The van der Waals surface area contributed by atoms with Gasteiger partial charge in [0.25, 0.3) is 0 Å². The van der Waals surface area contributed by atoms with Crippen LogP contribution in [0.15, 0.2) is 11.6 Å². The molecule has 0 aromatic carbocycles. The summed E-state index contributed by atoms with van der Waals surface area (Å²) < 4.78 is 44.0. The number of alkyl halides is 2. The van der Waals surface area contributed by atoms with E-state index in [0.717, 1.165) is 38.9 Å². The molecule has 1 saturated heterocycles. The van der Waals surface area contributed by atoms with Gasteiger partial charge in [-0.3, -0.25) is 0 Å². The number of rotatable bonds is 2. The predicted octanol–water partition coefficient (Wildman–Crippen LogP) is 4.13. The molecule has 2 aliphatic heterocycles. The van der Waals surface area contributed by atoms with Gasteiger partial charge in [-0.2, -0.15) is 8.78 Å². The first-order chi connectivity index (χ1) is 10.5. The molecule has 3 aliphatic rings. The third kappa shape index (κ3) is 3.52. The van der Waals surface area contributed by atoms with Crippen molar-refractivity contribution < 1.29 is 23.0 Å². The Labute approximate surface area is 131 Å². The first-order valence-electron chi connectivity index (χ1n) is 8.42. The fraction of sp³-hybridized carbons (Fsp3) is 0.882. The highest BCUT2D eigenvalue weighted by molar-refractivity contribution is 5.10. The van der Waals surface area contributed by atoms with E-state index in [-0.39, 0.29) is 23.9 Å². The molecule has 5 heteroatoms. The topological polar surface area (TPSA) is 27.7 Å². The van der Waals surface area contributed by atoms with Crippen LogP contribution < -0.4 is 0 Å². The third-order valence-corrected chi connectivity index (χ3v) is 5.23. The highest BCUT2D eigenvalue weighted by Gasteiger charge is 2.42. The van der Waals surface area contributed by atoms with Gasteiger partial charge in [0.15, 0.2) is 6.29 Å². The lowest BCUT2D eigenvalue weighted by Gasteiger charge is -2.40. The highest BCUT2D eigenvalue weighted by atomic mass is 19.3. The van der Waals surface area contributed by atoms with Crippen molar-refractivity contribution in [2.75, 3.05) is 13.2 Å². The minimum absolute atomic E-state index is 0.0376. The van der Waals surface area contributed by atoms with Crippen LogP contribution in [0.5, 0.6) is 0 Å². The summed E-state index contributed by atoms with van der Waals surface area (Å²) in [6, 6.07) is 0. The minimum Gasteiger partial charge on any atom is -0.352 e.